The number of hydrogen-bond donors (Lipinski definition) is 0. The van der Waals surface area contributed by atoms with E-state index in [1.165, 1.54) is 0 Å². The van der Waals surface area contributed by atoms with Crippen LogP contribution in [-0.2, 0) is 22.6 Å². The zero-order chi connectivity index (χ0) is 20.1. The van der Waals surface area contributed by atoms with E-state index in [-0.39, 0.29) is 17.8 Å². The molecule has 2 saturated heterocycles. The van der Waals surface area contributed by atoms with E-state index in [4.69, 9.17) is 19.4 Å². The summed E-state index contributed by atoms with van der Waals surface area (Å²) in [4.78, 5) is 27.8. The molecule has 2 fully saturated rings. The van der Waals surface area contributed by atoms with E-state index in [1.54, 1.807) is 10.9 Å². The summed E-state index contributed by atoms with van der Waals surface area (Å²) < 4.78 is 15.3. The molecule has 5 heterocycles. The first-order chi connectivity index (χ1) is 14.8. The van der Waals surface area contributed by atoms with Crippen LogP contribution in [0.15, 0.2) is 35.4 Å². The minimum absolute atomic E-state index is 0.0640. The van der Waals surface area contributed by atoms with E-state index in [0.717, 1.165) is 49.9 Å². The molecule has 2 atom stereocenters. The molecule has 0 bridgehead atoms. The van der Waals surface area contributed by atoms with Crippen LogP contribution in [-0.4, -0.2) is 49.5 Å². The van der Waals surface area contributed by atoms with Crippen molar-refractivity contribution in [3.8, 4) is 0 Å². The maximum atomic E-state index is 13.5. The predicted molar refractivity (Wildman–Crippen MR) is 113 cm³/mol. The van der Waals surface area contributed by atoms with Crippen molar-refractivity contribution in [2.45, 2.75) is 51.0 Å². The van der Waals surface area contributed by atoms with Gasteiger partial charge in [-0.2, -0.15) is 0 Å². The van der Waals surface area contributed by atoms with Crippen LogP contribution in [0, 0.1) is 0 Å². The second-order valence-corrected chi connectivity index (χ2v) is 8.17. The molecule has 2 aliphatic heterocycles. The lowest BCUT2D eigenvalue weighted by Gasteiger charge is -2.13. The van der Waals surface area contributed by atoms with Crippen LogP contribution < -0.4 is 5.56 Å². The van der Waals surface area contributed by atoms with E-state index in [9.17, 15) is 4.79 Å². The molecule has 8 nitrogen and oxygen atoms in total. The van der Waals surface area contributed by atoms with Gasteiger partial charge in [0.15, 0.2) is 11.3 Å². The van der Waals surface area contributed by atoms with Gasteiger partial charge in [-0.15, -0.1) is 0 Å². The molecule has 0 N–H and O–H groups in total. The van der Waals surface area contributed by atoms with Gasteiger partial charge in [-0.3, -0.25) is 9.36 Å². The van der Waals surface area contributed by atoms with Gasteiger partial charge in [-0.25, -0.2) is 15.0 Å². The predicted octanol–water partition coefficient (Wildman–Crippen LogP) is 2.65. The highest BCUT2D eigenvalue weighted by molar-refractivity contribution is 6.04. The Morgan fingerprint density at radius 1 is 0.933 bits per heavy atom. The SMILES string of the molecule is O=c1c2c3nc4ccccc4nc3n(C[C@@H]3CCCO3)c2ncn1C[C@@H]1CCCO1. The van der Waals surface area contributed by atoms with Crippen molar-refractivity contribution >= 4 is 33.2 Å². The third-order valence-electron chi connectivity index (χ3n) is 6.15. The molecule has 1 aromatic carbocycles. The Morgan fingerprint density at radius 3 is 2.33 bits per heavy atom. The summed E-state index contributed by atoms with van der Waals surface area (Å²) in [5.41, 5.74) is 3.43. The van der Waals surface area contributed by atoms with Gasteiger partial charge < -0.3 is 14.0 Å². The summed E-state index contributed by atoms with van der Waals surface area (Å²) in [6, 6.07) is 7.75. The van der Waals surface area contributed by atoms with Crippen molar-refractivity contribution < 1.29 is 9.47 Å². The highest BCUT2D eigenvalue weighted by Crippen LogP contribution is 2.27. The van der Waals surface area contributed by atoms with Crippen molar-refractivity contribution in [2.24, 2.45) is 0 Å². The van der Waals surface area contributed by atoms with Crippen LogP contribution in [0.2, 0.25) is 0 Å². The summed E-state index contributed by atoms with van der Waals surface area (Å²) >= 11 is 0. The summed E-state index contributed by atoms with van der Waals surface area (Å²) in [6.07, 6.45) is 5.86. The smallest absolute Gasteiger partial charge is 0.265 e. The van der Waals surface area contributed by atoms with Crippen LogP contribution >= 0.6 is 0 Å². The fourth-order valence-electron chi connectivity index (χ4n) is 4.64. The topological polar surface area (TPSA) is 84.1 Å². The third-order valence-corrected chi connectivity index (χ3v) is 6.15. The second kappa shape index (κ2) is 7.14. The maximum Gasteiger partial charge on any atom is 0.265 e. The fraction of sp³-hybridized carbons (Fsp3) is 0.455. The highest BCUT2D eigenvalue weighted by atomic mass is 16.5. The molecular weight excluding hydrogens is 382 g/mol. The zero-order valence-corrected chi connectivity index (χ0v) is 16.7. The van der Waals surface area contributed by atoms with Crippen molar-refractivity contribution in [1.82, 2.24) is 24.1 Å². The van der Waals surface area contributed by atoms with Crippen LogP contribution in [0.1, 0.15) is 25.7 Å². The van der Waals surface area contributed by atoms with E-state index < -0.39 is 0 Å². The Hall–Kier alpha value is -2.84. The molecule has 8 heteroatoms. The fourth-order valence-corrected chi connectivity index (χ4v) is 4.64. The van der Waals surface area contributed by atoms with Crippen molar-refractivity contribution in [1.29, 1.82) is 0 Å². The van der Waals surface area contributed by atoms with Crippen molar-refractivity contribution in [2.75, 3.05) is 13.2 Å². The Balaban J connectivity index is 1.58. The lowest BCUT2D eigenvalue weighted by Crippen LogP contribution is -2.27. The Bertz CT molecular complexity index is 1300. The Kier molecular flexibility index (Phi) is 4.28. The minimum Gasteiger partial charge on any atom is -0.376 e. The van der Waals surface area contributed by atoms with Crippen LogP contribution in [0.25, 0.3) is 33.2 Å². The zero-order valence-electron chi connectivity index (χ0n) is 16.7. The first-order valence-electron chi connectivity index (χ1n) is 10.7. The maximum absolute atomic E-state index is 13.5. The number of fused-ring (bicyclic) bond motifs is 4. The van der Waals surface area contributed by atoms with Gasteiger partial charge in [0.2, 0.25) is 0 Å². The standard InChI is InChI=1S/C22H23N5O3/c28-22-18-19-21(25-17-8-2-1-7-16(17)24-19)27(12-15-6-4-10-30-15)20(18)23-13-26(22)11-14-5-3-9-29-14/h1-2,7-8,13-15H,3-6,9-12H2/t14-,15-/m0/s1. The van der Waals surface area contributed by atoms with E-state index >= 15 is 0 Å². The summed E-state index contributed by atoms with van der Waals surface area (Å²) in [5, 5.41) is 0.529. The molecule has 30 heavy (non-hydrogen) atoms. The molecule has 154 valence electrons. The lowest BCUT2D eigenvalue weighted by molar-refractivity contribution is 0.0959. The molecule has 0 amide bonds. The number of aromatic nitrogens is 5. The number of rotatable bonds is 4. The first-order valence-corrected chi connectivity index (χ1v) is 10.7. The first kappa shape index (κ1) is 18.0. The molecule has 3 aromatic heterocycles. The summed E-state index contributed by atoms with van der Waals surface area (Å²) in [5.74, 6) is 0. The quantitative estimate of drug-likeness (QED) is 0.519. The minimum atomic E-state index is -0.0869. The van der Waals surface area contributed by atoms with Crippen molar-refractivity contribution in [3.05, 3.63) is 40.9 Å². The molecule has 0 spiro atoms. The molecule has 0 unspecified atom stereocenters. The average Bonchev–Trinajstić information content (AvgIpc) is 3.51. The van der Waals surface area contributed by atoms with Gasteiger partial charge in [0.1, 0.15) is 10.9 Å². The van der Waals surface area contributed by atoms with Crippen molar-refractivity contribution in [3.63, 3.8) is 0 Å². The molecule has 2 aliphatic rings. The van der Waals surface area contributed by atoms with Gasteiger partial charge >= 0.3 is 0 Å². The molecular formula is C22H23N5O3. The Labute approximate surface area is 172 Å². The monoisotopic (exact) mass is 405 g/mol. The number of ether oxygens (including phenoxy) is 2. The lowest BCUT2D eigenvalue weighted by atomic mass is 10.2. The third kappa shape index (κ3) is 2.90. The highest BCUT2D eigenvalue weighted by Gasteiger charge is 2.25. The Morgan fingerprint density at radius 2 is 1.63 bits per heavy atom. The number of hydrogen-bond acceptors (Lipinski definition) is 6. The van der Waals surface area contributed by atoms with Crippen LogP contribution in [0.5, 0.6) is 0 Å². The van der Waals surface area contributed by atoms with E-state index in [1.807, 2.05) is 28.8 Å². The van der Waals surface area contributed by atoms with Gasteiger partial charge in [-0.05, 0) is 37.8 Å². The van der Waals surface area contributed by atoms with Crippen LogP contribution in [0.3, 0.4) is 0 Å². The van der Waals surface area contributed by atoms with Gasteiger partial charge in [0.05, 0.1) is 42.7 Å². The van der Waals surface area contributed by atoms with Crippen LogP contribution in [0.4, 0.5) is 0 Å². The molecule has 0 aliphatic carbocycles. The van der Waals surface area contributed by atoms with Gasteiger partial charge in [0.25, 0.3) is 5.56 Å². The molecule has 0 radical (unpaired) electrons. The number of benzene rings is 1. The van der Waals surface area contributed by atoms with Gasteiger partial charge in [-0.1, -0.05) is 12.1 Å². The summed E-state index contributed by atoms with van der Waals surface area (Å²) in [7, 11) is 0. The van der Waals surface area contributed by atoms with Gasteiger partial charge in [0, 0.05) is 13.2 Å². The number of nitrogens with zero attached hydrogens (tertiary/aromatic N) is 5. The van der Waals surface area contributed by atoms with E-state index in [0.29, 0.717) is 35.3 Å². The van der Waals surface area contributed by atoms with E-state index in [2.05, 4.69) is 4.98 Å². The largest absolute Gasteiger partial charge is 0.376 e. The normalized spacial score (nSPS) is 22.0. The molecule has 4 aromatic rings. The molecule has 6 rings (SSSR count). The number of para-hydroxylation sites is 2. The summed E-state index contributed by atoms with van der Waals surface area (Å²) in [6.45, 7) is 2.67. The second-order valence-electron chi connectivity index (χ2n) is 8.17. The molecule has 0 saturated carbocycles. The average molecular weight is 405 g/mol.